The summed E-state index contributed by atoms with van der Waals surface area (Å²) in [6.45, 7) is 2.27. The van der Waals surface area contributed by atoms with Gasteiger partial charge < -0.3 is 10.1 Å². The second-order valence-electron chi connectivity index (χ2n) is 5.74. The Bertz CT molecular complexity index is 785. The monoisotopic (exact) mass is 265 g/mol. The summed E-state index contributed by atoms with van der Waals surface area (Å²) in [4.78, 5) is 12.3. The summed E-state index contributed by atoms with van der Waals surface area (Å²) in [6.07, 6.45) is 5.81. The number of nitrogens with one attached hydrogen (secondary N) is 1. The molecule has 100 valence electrons. The minimum absolute atomic E-state index is 0.196. The highest BCUT2D eigenvalue weighted by Crippen LogP contribution is 2.52. The second kappa shape index (κ2) is 3.82. The molecule has 1 aromatic carbocycles. The number of H-pyrrole nitrogens is 1. The Morgan fingerprint density at radius 1 is 1.10 bits per heavy atom. The lowest BCUT2D eigenvalue weighted by molar-refractivity contribution is 0.475. The number of rotatable bonds is 2. The number of phenolic OH excluding ortho intramolecular Hbond substituents is 1. The van der Waals surface area contributed by atoms with Gasteiger partial charge in [-0.05, 0) is 48.1 Å². The number of nitrogens with zero attached hydrogens (tertiary/aromatic N) is 2. The third-order valence-electron chi connectivity index (χ3n) is 4.19. The van der Waals surface area contributed by atoms with Crippen molar-refractivity contribution in [2.75, 3.05) is 0 Å². The molecule has 20 heavy (non-hydrogen) atoms. The van der Waals surface area contributed by atoms with Crippen molar-refractivity contribution >= 4 is 11.2 Å². The molecule has 0 aliphatic heterocycles. The van der Waals surface area contributed by atoms with E-state index in [0.717, 1.165) is 22.4 Å². The summed E-state index contributed by atoms with van der Waals surface area (Å²) in [6, 6.07) is 7.27. The van der Waals surface area contributed by atoms with Crippen LogP contribution in [0.3, 0.4) is 0 Å². The van der Waals surface area contributed by atoms with Gasteiger partial charge in [0.15, 0.2) is 5.65 Å². The van der Waals surface area contributed by atoms with Gasteiger partial charge in [0.25, 0.3) is 0 Å². The van der Waals surface area contributed by atoms with Crippen molar-refractivity contribution in [1.29, 1.82) is 0 Å². The maximum atomic E-state index is 9.45. The third kappa shape index (κ3) is 1.61. The van der Waals surface area contributed by atoms with Crippen LogP contribution in [-0.2, 0) is 5.41 Å². The number of aromatic nitrogens is 3. The Hall–Kier alpha value is -2.36. The number of phenols is 1. The van der Waals surface area contributed by atoms with E-state index < -0.39 is 0 Å². The fraction of sp³-hybridized carbons (Fsp3) is 0.250. The van der Waals surface area contributed by atoms with E-state index in [1.54, 1.807) is 24.5 Å². The molecule has 0 spiro atoms. The second-order valence-corrected chi connectivity index (χ2v) is 5.74. The van der Waals surface area contributed by atoms with Crippen LogP contribution < -0.4 is 0 Å². The molecule has 0 radical (unpaired) electrons. The summed E-state index contributed by atoms with van der Waals surface area (Å²) in [5.74, 6) is 0.278. The number of hydrogen-bond acceptors (Lipinski definition) is 3. The van der Waals surface area contributed by atoms with Gasteiger partial charge in [-0.2, -0.15) is 0 Å². The zero-order chi connectivity index (χ0) is 13.7. The molecule has 2 aromatic heterocycles. The number of aromatic amines is 1. The number of aromatic hydroxyl groups is 1. The molecule has 0 bridgehead atoms. The molecule has 1 aliphatic rings. The molecule has 2 N–H and O–H groups in total. The van der Waals surface area contributed by atoms with Crippen LogP contribution in [0.2, 0.25) is 0 Å². The molecule has 0 unspecified atom stereocenters. The summed E-state index contributed by atoms with van der Waals surface area (Å²) in [5.41, 5.74) is 5.39. The van der Waals surface area contributed by atoms with Crippen molar-refractivity contribution in [2.45, 2.75) is 25.2 Å². The van der Waals surface area contributed by atoms with Crippen molar-refractivity contribution in [3.63, 3.8) is 0 Å². The van der Waals surface area contributed by atoms with E-state index in [4.69, 9.17) is 0 Å². The highest BCUT2D eigenvalue weighted by Gasteiger charge is 2.43. The van der Waals surface area contributed by atoms with Gasteiger partial charge in [0.1, 0.15) is 11.3 Å². The fourth-order valence-electron chi connectivity index (χ4n) is 2.78. The molecular formula is C16H15N3O. The normalized spacial score (nSPS) is 16.4. The minimum Gasteiger partial charge on any atom is -0.508 e. The van der Waals surface area contributed by atoms with Gasteiger partial charge in [-0.3, -0.25) is 4.98 Å². The lowest BCUT2D eigenvalue weighted by Crippen LogP contribution is -2.01. The van der Waals surface area contributed by atoms with E-state index in [9.17, 15) is 5.11 Å². The molecular weight excluding hydrogens is 250 g/mol. The van der Waals surface area contributed by atoms with E-state index in [2.05, 4.69) is 21.9 Å². The molecule has 0 saturated heterocycles. The molecule has 4 rings (SSSR count). The van der Waals surface area contributed by atoms with Gasteiger partial charge >= 0.3 is 0 Å². The molecule has 4 nitrogen and oxygen atoms in total. The quantitative estimate of drug-likeness (QED) is 0.746. The van der Waals surface area contributed by atoms with E-state index >= 15 is 0 Å². The van der Waals surface area contributed by atoms with Gasteiger partial charge in [0.05, 0.1) is 5.69 Å². The van der Waals surface area contributed by atoms with E-state index in [-0.39, 0.29) is 11.2 Å². The predicted octanol–water partition coefficient (Wildman–Crippen LogP) is 3.38. The van der Waals surface area contributed by atoms with Crippen LogP contribution in [0.4, 0.5) is 0 Å². The fourth-order valence-corrected chi connectivity index (χ4v) is 2.78. The first-order chi connectivity index (χ1) is 9.67. The predicted molar refractivity (Wildman–Crippen MR) is 77.6 cm³/mol. The van der Waals surface area contributed by atoms with Gasteiger partial charge in [-0.1, -0.05) is 6.92 Å². The summed E-state index contributed by atoms with van der Waals surface area (Å²) < 4.78 is 0. The lowest BCUT2D eigenvalue weighted by Gasteiger charge is -2.10. The minimum atomic E-state index is 0.196. The van der Waals surface area contributed by atoms with Gasteiger partial charge in [-0.25, -0.2) is 4.98 Å². The van der Waals surface area contributed by atoms with Crippen LogP contribution in [0.25, 0.3) is 22.4 Å². The Balaban J connectivity index is 2.01. The zero-order valence-corrected chi connectivity index (χ0v) is 11.2. The molecule has 0 atom stereocenters. The number of hydrogen-bond donors (Lipinski definition) is 2. The molecule has 1 fully saturated rings. The zero-order valence-electron chi connectivity index (χ0n) is 11.2. The van der Waals surface area contributed by atoms with Gasteiger partial charge in [0, 0.05) is 18.0 Å². The highest BCUT2D eigenvalue weighted by molar-refractivity contribution is 5.87. The first-order valence-electron chi connectivity index (χ1n) is 6.80. The van der Waals surface area contributed by atoms with Crippen molar-refractivity contribution in [2.24, 2.45) is 0 Å². The van der Waals surface area contributed by atoms with Crippen molar-refractivity contribution in [1.82, 2.24) is 15.0 Å². The topological polar surface area (TPSA) is 61.8 Å². The number of benzene rings is 1. The first kappa shape index (κ1) is 11.5. The molecule has 3 aromatic rings. The average Bonchev–Trinajstić information content (AvgIpc) is 3.07. The van der Waals surface area contributed by atoms with Crippen LogP contribution in [0, 0.1) is 0 Å². The van der Waals surface area contributed by atoms with Crippen molar-refractivity contribution < 1.29 is 5.11 Å². The first-order valence-corrected chi connectivity index (χ1v) is 6.80. The van der Waals surface area contributed by atoms with Gasteiger partial charge in [0.2, 0.25) is 0 Å². The summed E-state index contributed by atoms with van der Waals surface area (Å²) in [5, 5.41) is 9.45. The standard InChI is InChI=1S/C16H15N3O/c1-16(6-7-16)12-13(10-2-4-11(20)5-3-10)19-15-14(12)17-8-9-18-15/h2-5,8-9,20H,6-7H2,1H3,(H,18,19). The van der Waals surface area contributed by atoms with Crippen LogP contribution in [0.5, 0.6) is 5.75 Å². The summed E-state index contributed by atoms with van der Waals surface area (Å²) >= 11 is 0. The smallest absolute Gasteiger partial charge is 0.156 e. The molecule has 0 amide bonds. The molecule has 2 heterocycles. The Morgan fingerprint density at radius 3 is 2.50 bits per heavy atom. The van der Waals surface area contributed by atoms with Crippen LogP contribution in [0.15, 0.2) is 36.7 Å². The van der Waals surface area contributed by atoms with Crippen LogP contribution >= 0.6 is 0 Å². The lowest BCUT2D eigenvalue weighted by atomic mass is 9.94. The molecule has 1 saturated carbocycles. The van der Waals surface area contributed by atoms with Crippen LogP contribution in [0.1, 0.15) is 25.3 Å². The Morgan fingerprint density at radius 2 is 1.80 bits per heavy atom. The van der Waals surface area contributed by atoms with Gasteiger partial charge in [-0.15, -0.1) is 0 Å². The highest BCUT2D eigenvalue weighted by atomic mass is 16.3. The summed E-state index contributed by atoms with van der Waals surface area (Å²) in [7, 11) is 0. The number of fused-ring (bicyclic) bond motifs is 1. The largest absolute Gasteiger partial charge is 0.508 e. The van der Waals surface area contributed by atoms with Crippen molar-refractivity contribution in [3.05, 3.63) is 42.2 Å². The van der Waals surface area contributed by atoms with Crippen LogP contribution in [-0.4, -0.2) is 20.1 Å². The Labute approximate surface area is 116 Å². The van der Waals surface area contributed by atoms with E-state index in [1.807, 2.05) is 12.1 Å². The average molecular weight is 265 g/mol. The molecule has 4 heteroatoms. The maximum absolute atomic E-state index is 9.45. The molecule has 1 aliphatic carbocycles. The Kier molecular flexibility index (Phi) is 2.19. The van der Waals surface area contributed by atoms with Crippen molar-refractivity contribution in [3.8, 4) is 17.0 Å². The third-order valence-corrected chi connectivity index (χ3v) is 4.19. The van der Waals surface area contributed by atoms with E-state index in [1.165, 1.54) is 18.4 Å². The SMILES string of the molecule is CC1(c2c(-c3ccc(O)cc3)[nH]c3nccnc23)CC1. The van der Waals surface area contributed by atoms with E-state index in [0.29, 0.717) is 0 Å². The maximum Gasteiger partial charge on any atom is 0.156 e.